The highest BCUT2D eigenvalue weighted by Gasteiger charge is 2.20. The Labute approximate surface area is 109 Å². The number of thiol groups is 1. The number of hydrogen-bond acceptors (Lipinski definition) is 2. The molecule has 2 atom stereocenters. The van der Waals surface area contributed by atoms with Gasteiger partial charge in [0.05, 0.1) is 11.3 Å². The highest BCUT2D eigenvalue weighted by molar-refractivity contribution is 7.81. The van der Waals surface area contributed by atoms with Gasteiger partial charge in [0.25, 0.3) is 0 Å². The minimum absolute atomic E-state index is 0.0130. The predicted octanol–water partition coefficient (Wildman–Crippen LogP) is 3.21. The molecule has 1 N–H and O–H groups in total. The molecule has 0 bridgehead atoms. The quantitative estimate of drug-likeness (QED) is 0.773. The molecule has 0 aliphatic heterocycles. The van der Waals surface area contributed by atoms with Crippen LogP contribution in [0.15, 0.2) is 30.3 Å². The van der Waals surface area contributed by atoms with Crippen molar-refractivity contribution in [3.63, 3.8) is 0 Å². The van der Waals surface area contributed by atoms with Crippen molar-refractivity contribution in [2.75, 3.05) is 0 Å². The molecule has 0 aliphatic carbocycles. The smallest absolute Gasteiger partial charge is 0.233 e. The van der Waals surface area contributed by atoms with E-state index in [-0.39, 0.29) is 23.1 Å². The van der Waals surface area contributed by atoms with Crippen molar-refractivity contribution < 1.29 is 4.79 Å². The Kier molecular flexibility index (Phi) is 5.56. The van der Waals surface area contributed by atoms with Crippen LogP contribution < -0.4 is 5.32 Å². The van der Waals surface area contributed by atoms with Gasteiger partial charge in [-0.15, -0.1) is 0 Å². The molecule has 0 aromatic heterocycles. The van der Waals surface area contributed by atoms with Gasteiger partial charge in [0.1, 0.15) is 0 Å². The summed E-state index contributed by atoms with van der Waals surface area (Å²) in [4.78, 5) is 11.9. The van der Waals surface area contributed by atoms with Crippen LogP contribution in [-0.2, 0) is 4.79 Å². The number of hydrogen-bond donors (Lipinski definition) is 2. The van der Waals surface area contributed by atoms with Gasteiger partial charge in [0.15, 0.2) is 0 Å². The monoisotopic (exact) mass is 251 g/mol. The van der Waals surface area contributed by atoms with Crippen LogP contribution in [0.25, 0.3) is 0 Å². The van der Waals surface area contributed by atoms with E-state index < -0.39 is 0 Å². The van der Waals surface area contributed by atoms with Gasteiger partial charge < -0.3 is 5.32 Å². The van der Waals surface area contributed by atoms with Crippen molar-refractivity contribution in [3.8, 4) is 0 Å². The summed E-state index contributed by atoms with van der Waals surface area (Å²) in [6.07, 6.45) is 0.883. The van der Waals surface area contributed by atoms with Crippen LogP contribution in [0.1, 0.15) is 38.8 Å². The first-order valence-electron chi connectivity index (χ1n) is 6.09. The molecule has 17 heavy (non-hydrogen) atoms. The molecule has 0 saturated heterocycles. The van der Waals surface area contributed by atoms with E-state index in [0.717, 1.165) is 12.0 Å². The zero-order valence-electron chi connectivity index (χ0n) is 10.7. The summed E-state index contributed by atoms with van der Waals surface area (Å²) >= 11 is 4.33. The van der Waals surface area contributed by atoms with Gasteiger partial charge in [-0.05, 0) is 17.9 Å². The van der Waals surface area contributed by atoms with Crippen LogP contribution in [0.5, 0.6) is 0 Å². The predicted molar refractivity (Wildman–Crippen MR) is 75.2 cm³/mol. The minimum atomic E-state index is -0.243. The number of nitrogens with one attached hydrogen (secondary N) is 1. The van der Waals surface area contributed by atoms with Crippen LogP contribution in [0.3, 0.4) is 0 Å². The van der Waals surface area contributed by atoms with E-state index in [9.17, 15) is 4.79 Å². The Morgan fingerprint density at radius 2 is 1.88 bits per heavy atom. The molecular weight excluding hydrogens is 230 g/mol. The standard InChI is InChI=1S/C14H21NOS/c1-4-12(11-8-6-5-7-9-11)15-14(16)13(17)10(2)3/h5-10,12-13,17H,4H2,1-3H3,(H,15,16). The molecule has 2 nitrogen and oxygen atoms in total. The fourth-order valence-corrected chi connectivity index (χ4v) is 1.74. The van der Waals surface area contributed by atoms with Crippen LogP contribution >= 0.6 is 12.6 Å². The third-order valence-electron chi connectivity index (χ3n) is 2.83. The molecule has 94 valence electrons. The number of rotatable bonds is 5. The first kappa shape index (κ1) is 14.1. The summed E-state index contributed by atoms with van der Waals surface area (Å²) < 4.78 is 0. The Hall–Kier alpha value is -0.960. The van der Waals surface area contributed by atoms with E-state index in [0.29, 0.717) is 0 Å². The lowest BCUT2D eigenvalue weighted by molar-refractivity contribution is -0.122. The molecule has 3 heteroatoms. The Morgan fingerprint density at radius 1 is 1.29 bits per heavy atom. The largest absolute Gasteiger partial charge is 0.348 e. The maximum absolute atomic E-state index is 11.9. The number of carbonyl (C=O) groups excluding carboxylic acids is 1. The second-order valence-corrected chi connectivity index (χ2v) is 5.13. The Balaban J connectivity index is 2.68. The maximum atomic E-state index is 11.9. The summed E-state index contributed by atoms with van der Waals surface area (Å²) in [6, 6.07) is 10.1. The first-order valence-corrected chi connectivity index (χ1v) is 6.61. The second kappa shape index (κ2) is 6.70. The maximum Gasteiger partial charge on any atom is 0.233 e. The van der Waals surface area contributed by atoms with Crippen molar-refractivity contribution in [2.24, 2.45) is 5.92 Å². The molecule has 0 radical (unpaired) electrons. The molecule has 0 aliphatic rings. The lowest BCUT2D eigenvalue weighted by Gasteiger charge is -2.21. The average molecular weight is 251 g/mol. The van der Waals surface area contributed by atoms with Gasteiger partial charge in [-0.3, -0.25) is 4.79 Å². The van der Waals surface area contributed by atoms with Gasteiger partial charge >= 0.3 is 0 Å². The summed E-state index contributed by atoms with van der Waals surface area (Å²) in [6.45, 7) is 6.07. The van der Waals surface area contributed by atoms with Crippen molar-refractivity contribution in [2.45, 2.75) is 38.5 Å². The molecule has 1 aromatic rings. The minimum Gasteiger partial charge on any atom is -0.348 e. The van der Waals surface area contributed by atoms with Crippen LogP contribution in [0, 0.1) is 5.92 Å². The zero-order valence-corrected chi connectivity index (χ0v) is 11.6. The lowest BCUT2D eigenvalue weighted by Crippen LogP contribution is -2.36. The van der Waals surface area contributed by atoms with E-state index in [2.05, 4.69) is 24.9 Å². The summed E-state index contributed by atoms with van der Waals surface area (Å²) in [5.41, 5.74) is 1.15. The second-order valence-electron chi connectivity index (χ2n) is 4.57. The van der Waals surface area contributed by atoms with Gasteiger partial charge in [0, 0.05) is 0 Å². The highest BCUT2D eigenvalue weighted by Crippen LogP contribution is 2.18. The summed E-state index contributed by atoms with van der Waals surface area (Å²) in [5, 5.41) is 2.81. The van der Waals surface area contributed by atoms with Crippen LogP contribution in [-0.4, -0.2) is 11.2 Å². The average Bonchev–Trinajstić information content (AvgIpc) is 2.35. The van der Waals surface area contributed by atoms with Gasteiger partial charge in [-0.1, -0.05) is 51.1 Å². The van der Waals surface area contributed by atoms with Crippen LogP contribution in [0.2, 0.25) is 0 Å². The molecule has 0 saturated carbocycles. The molecule has 1 rings (SSSR count). The first-order chi connectivity index (χ1) is 8.06. The van der Waals surface area contributed by atoms with Crippen molar-refractivity contribution in [3.05, 3.63) is 35.9 Å². The highest BCUT2D eigenvalue weighted by atomic mass is 32.1. The van der Waals surface area contributed by atoms with E-state index in [1.165, 1.54) is 0 Å². The molecular formula is C14H21NOS. The van der Waals surface area contributed by atoms with Gasteiger partial charge in [0.2, 0.25) is 5.91 Å². The summed E-state index contributed by atoms with van der Waals surface area (Å²) in [5.74, 6) is 0.255. The molecule has 1 aromatic carbocycles. The SMILES string of the molecule is CCC(NC(=O)C(S)C(C)C)c1ccccc1. The van der Waals surface area contributed by atoms with E-state index >= 15 is 0 Å². The van der Waals surface area contributed by atoms with Crippen LogP contribution in [0.4, 0.5) is 0 Å². The molecule has 0 fully saturated rings. The van der Waals surface area contributed by atoms with Crippen molar-refractivity contribution in [1.29, 1.82) is 0 Å². The fraction of sp³-hybridized carbons (Fsp3) is 0.500. The van der Waals surface area contributed by atoms with Gasteiger partial charge in [-0.25, -0.2) is 0 Å². The number of amides is 1. The van der Waals surface area contributed by atoms with Gasteiger partial charge in [-0.2, -0.15) is 12.6 Å². The molecule has 2 unspecified atom stereocenters. The normalized spacial score (nSPS) is 14.4. The van der Waals surface area contributed by atoms with E-state index in [1.54, 1.807) is 0 Å². The van der Waals surface area contributed by atoms with E-state index in [1.807, 2.05) is 44.2 Å². The number of benzene rings is 1. The Bertz CT molecular complexity index is 350. The summed E-state index contributed by atoms with van der Waals surface area (Å²) in [7, 11) is 0. The lowest BCUT2D eigenvalue weighted by atomic mass is 10.0. The van der Waals surface area contributed by atoms with Crippen molar-refractivity contribution >= 4 is 18.5 Å². The van der Waals surface area contributed by atoms with E-state index in [4.69, 9.17) is 0 Å². The fourth-order valence-electron chi connectivity index (χ4n) is 1.67. The third kappa shape index (κ3) is 4.08. The molecule has 1 amide bonds. The number of carbonyl (C=O) groups is 1. The third-order valence-corrected chi connectivity index (χ3v) is 3.66. The molecule has 0 spiro atoms. The molecule has 0 heterocycles. The Morgan fingerprint density at radius 3 is 2.35 bits per heavy atom. The zero-order chi connectivity index (χ0) is 12.8. The van der Waals surface area contributed by atoms with Crippen molar-refractivity contribution in [1.82, 2.24) is 5.32 Å². The topological polar surface area (TPSA) is 29.1 Å².